The number of ether oxygens (including phenoxy) is 1. The van der Waals surface area contributed by atoms with Crippen molar-refractivity contribution < 1.29 is 4.74 Å². The number of piperidine rings is 1. The normalized spacial score (nSPS) is 15.9. The predicted octanol–water partition coefficient (Wildman–Crippen LogP) is 2.45. The van der Waals surface area contributed by atoms with Crippen molar-refractivity contribution in [3.8, 4) is 5.75 Å². The Morgan fingerprint density at radius 2 is 1.92 bits per heavy atom. The fourth-order valence-corrected chi connectivity index (χ4v) is 3.71. The molecule has 3 aromatic rings. The standard InChI is InChI=1S/C19H24N4O2/c1-14-12-15-6-7-16(25-2)13-17(15)23-18(14)20-22(19(23)24)11-10-21-8-4-3-5-9-21/h6-7,12-13H,3-5,8-11H2,1-2H3. The molecule has 0 saturated carbocycles. The molecule has 6 heteroatoms. The van der Waals surface area contributed by atoms with E-state index in [1.807, 2.05) is 25.1 Å². The van der Waals surface area contributed by atoms with E-state index in [-0.39, 0.29) is 5.69 Å². The monoisotopic (exact) mass is 340 g/mol. The second-order valence-corrected chi connectivity index (χ2v) is 6.82. The number of fused-ring (bicyclic) bond motifs is 3. The molecule has 6 nitrogen and oxygen atoms in total. The molecule has 0 amide bonds. The zero-order valence-electron chi connectivity index (χ0n) is 14.9. The molecule has 0 radical (unpaired) electrons. The highest BCUT2D eigenvalue weighted by molar-refractivity contribution is 5.84. The van der Waals surface area contributed by atoms with Gasteiger partial charge in [-0.3, -0.25) is 0 Å². The van der Waals surface area contributed by atoms with E-state index in [0.717, 1.165) is 47.5 Å². The topological polar surface area (TPSA) is 51.8 Å². The molecule has 1 aliphatic rings. The summed E-state index contributed by atoms with van der Waals surface area (Å²) in [5.41, 5.74) is 2.50. The maximum absolute atomic E-state index is 13.0. The van der Waals surface area contributed by atoms with Gasteiger partial charge in [0.05, 0.1) is 19.2 Å². The third-order valence-corrected chi connectivity index (χ3v) is 5.12. The number of methoxy groups -OCH3 is 1. The first-order chi connectivity index (χ1) is 12.2. The molecule has 4 rings (SSSR count). The van der Waals surface area contributed by atoms with Crippen LogP contribution in [-0.2, 0) is 6.54 Å². The number of pyridine rings is 1. The first-order valence-corrected chi connectivity index (χ1v) is 8.96. The van der Waals surface area contributed by atoms with Crippen molar-refractivity contribution in [3.63, 3.8) is 0 Å². The average Bonchev–Trinajstić information content (AvgIpc) is 2.98. The van der Waals surface area contributed by atoms with Crippen LogP contribution >= 0.6 is 0 Å². The molecule has 0 bridgehead atoms. The molecule has 0 atom stereocenters. The molecule has 0 N–H and O–H groups in total. The highest BCUT2D eigenvalue weighted by Gasteiger charge is 2.15. The maximum Gasteiger partial charge on any atom is 0.350 e. The Bertz CT molecular complexity index is 967. The summed E-state index contributed by atoms with van der Waals surface area (Å²) >= 11 is 0. The van der Waals surface area contributed by atoms with E-state index in [1.54, 1.807) is 16.2 Å². The minimum absolute atomic E-state index is 0.0750. The molecule has 1 saturated heterocycles. The first kappa shape index (κ1) is 16.1. The van der Waals surface area contributed by atoms with Gasteiger partial charge in [0.2, 0.25) is 0 Å². The van der Waals surface area contributed by atoms with Crippen molar-refractivity contribution in [2.45, 2.75) is 32.7 Å². The smallest absolute Gasteiger partial charge is 0.350 e. The number of aromatic nitrogens is 3. The lowest BCUT2D eigenvalue weighted by Gasteiger charge is -2.25. The van der Waals surface area contributed by atoms with Crippen molar-refractivity contribution in [1.29, 1.82) is 0 Å². The van der Waals surface area contributed by atoms with Gasteiger partial charge in [-0.05, 0) is 62.0 Å². The summed E-state index contributed by atoms with van der Waals surface area (Å²) in [4.78, 5) is 15.4. The van der Waals surface area contributed by atoms with Crippen molar-refractivity contribution in [1.82, 2.24) is 19.1 Å². The lowest BCUT2D eigenvalue weighted by molar-refractivity contribution is 0.217. The van der Waals surface area contributed by atoms with Gasteiger partial charge in [-0.1, -0.05) is 6.42 Å². The van der Waals surface area contributed by atoms with Crippen molar-refractivity contribution in [3.05, 3.63) is 40.3 Å². The van der Waals surface area contributed by atoms with E-state index in [2.05, 4.69) is 16.1 Å². The van der Waals surface area contributed by atoms with Crippen molar-refractivity contribution in [2.75, 3.05) is 26.7 Å². The Hall–Kier alpha value is -2.34. The molecule has 1 aromatic carbocycles. The van der Waals surface area contributed by atoms with Gasteiger partial charge in [-0.2, -0.15) is 0 Å². The summed E-state index contributed by atoms with van der Waals surface area (Å²) in [5, 5.41) is 5.62. The van der Waals surface area contributed by atoms with Crippen LogP contribution in [-0.4, -0.2) is 45.8 Å². The van der Waals surface area contributed by atoms with Gasteiger partial charge in [0.15, 0.2) is 5.65 Å². The summed E-state index contributed by atoms with van der Waals surface area (Å²) in [5.74, 6) is 0.741. The lowest BCUT2D eigenvalue weighted by Crippen LogP contribution is -2.34. The first-order valence-electron chi connectivity index (χ1n) is 8.96. The molecule has 132 valence electrons. The van der Waals surface area contributed by atoms with Crippen LogP contribution in [0.5, 0.6) is 5.75 Å². The van der Waals surface area contributed by atoms with E-state index in [4.69, 9.17) is 4.74 Å². The number of aryl methyl sites for hydroxylation is 1. The molecule has 0 spiro atoms. The summed E-state index contributed by atoms with van der Waals surface area (Å²) in [6.07, 6.45) is 3.82. The fourth-order valence-electron chi connectivity index (χ4n) is 3.71. The molecule has 0 aliphatic carbocycles. The van der Waals surface area contributed by atoms with Gasteiger partial charge >= 0.3 is 5.69 Å². The largest absolute Gasteiger partial charge is 0.497 e. The predicted molar refractivity (Wildman–Crippen MR) is 98.5 cm³/mol. The highest BCUT2D eigenvalue weighted by atomic mass is 16.5. The number of hydrogen-bond donors (Lipinski definition) is 0. The van der Waals surface area contributed by atoms with E-state index < -0.39 is 0 Å². The Morgan fingerprint density at radius 1 is 1.12 bits per heavy atom. The third kappa shape index (κ3) is 2.91. The average molecular weight is 340 g/mol. The highest BCUT2D eigenvalue weighted by Crippen LogP contribution is 2.23. The SMILES string of the molecule is COc1ccc2cc(C)c3nn(CCN4CCCCC4)c(=O)n3c2c1. The molecular weight excluding hydrogens is 316 g/mol. The number of hydrogen-bond acceptors (Lipinski definition) is 4. The maximum atomic E-state index is 13.0. The second-order valence-electron chi connectivity index (χ2n) is 6.82. The van der Waals surface area contributed by atoms with E-state index in [9.17, 15) is 4.79 Å². The van der Waals surface area contributed by atoms with Crippen LogP contribution in [0.1, 0.15) is 24.8 Å². The zero-order valence-corrected chi connectivity index (χ0v) is 14.9. The van der Waals surface area contributed by atoms with E-state index >= 15 is 0 Å². The quantitative estimate of drug-likeness (QED) is 0.732. The van der Waals surface area contributed by atoms with Crippen LogP contribution in [0.3, 0.4) is 0 Å². The van der Waals surface area contributed by atoms with Crippen molar-refractivity contribution >= 4 is 16.6 Å². The van der Waals surface area contributed by atoms with Gasteiger partial charge in [0.1, 0.15) is 5.75 Å². The van der Waals surface area contributed by atoms with Crippen molar-refractivity contribution in [2.24, 2.45) is 0 Å². The van der Waals surface area contributed by atoms with Crippen LogP contribution < -0.4 is 10.4 Å². The lowest BCUT2D eigenvalue weighted by atomic mass is 10.1. The number of rotatable bonds is 4. The van der Waals surface area contributed by atoms with Gasteiger partial charge in [-0.25, -0.2) is 13.9 Å². The van der Waals surface area contributed by atoms with E-state index in [0.29, 0.717) is 6.54 Å². The molecule has 3 heterocycles. The van der Waals surface area contributed by atoms with Gasteiger partial charge in [-0.15, -0.1) is 5.10 Å². The number of nitrogens with zero attached hydrogens (tertiary/aromatic N) is 4. The summed E-state index contributed by atoms with van der Waals surface area (Å²) < 4.78 is 8.64. The van der Waals surface area contributed by atoms with Crippen LogP contribution in [0.4, 0.5) is 0 Å². The molecule has 1 aliphatic heterocycles. The Labute approximate surface area is 146 Å². The number of benzene rings is 1. The van der Waals surface area contributed by atoms with Crippen LogP contribution in [0.15, 0.2) is 29.1 Å². The Morgan fingerprint density at radius 3 is 2.68 bits per heavy atom. The van der Waals surface area contributed by atoms with Gasteiger partial charge < -0.3 is 9.64 Å². The van der Waals surface area contributed by atoms with Crippen LogP contribution in [0.25, 0.3) is 16.6 Å². The molecular formula is C19H24N4O2. The van der Waals surface area contributed by atoms with Gasteiger partial charge in [0.25, 0.3) is 0 Å². The number of likely N-dealkylation sites (tertiary alicyclic amines) is 1. The fraction of sp³-hybridized carbons (Fsp3) is 0.474. The Balaban J connectivity index is 1.76. The second kappa shape index (κ2) is 6.52. The molecule has 2 aromatic heterocycles. The summed E-state index contributed by atoms with van der Waals surface area (Å²) in [7, 11) is 1.64. The molecule has 1 fully saturated rings. The minimum Gasteiger partial charge on any atom is -0.497 e. The van der Waals surface area contributed by atoms with Crippen LogP contribution in [0.2, 0.25) is 0 Å². The van der Waals surface area contributed by atoms with E-state index in [1.165, 1.54) is 19.3 Å². The van der Waals surface area contributed by atoms with Crippen LogP contribution in [0, 0.1) is 6.92 Å². The van der Waals surface area contributed by atoms with Gasteiger partial charge in [0, 0.05) is 12.6 Å². The summed E-state index contributed by atoms with van der Waals surface area (Å²) in [6, 6.07) is 7.88. The minimum atomic E-state index is -0.0750. The molecule has 0 unspecified atom stereocenters. The Kier molecular flexibility index (Phi) is 4.21. The molecule has 25 heavy (non-hydrogen) atoms. The summed E-state index contributed by atoms with van der Waals surface area (Å²) in [6.45, 7) is 5.76. The zero-order chi connectivity index (χ0) is 17.4. The third-order valence-electron chi connectivity index (χ3n) is 5.12.